The summed E-state index contributed by atoms with van der Waals surface area (Å²) in [6.45, 7) is 1.99. The van der Waals surface area contributed by atoms with E-state index in [-0.39, 0.29) is 12.5 Å². The van der Waals surface area contributed by atoms with Gasteiger partial charge in [-0.1, -0.05) is 12.2 Å². The first kappa shape index (κ1) is 8.75. The lowest BCUT2D eigenvalue weighted by Gasteiger charge is -2.24. The monoisotopic (exact) mass is 156 g/mol. The van der Waals surface area contributed by atoms with Crippen LogP contribution in [-0.4, -0.2) is 22.4 Å². The number of aliphatic hydroxyl groups excluding tert-OH is 1. The molecule has 0 heterocycles. The van der Waals surface area contributed by atoms with E-state index in [2.05, 4.69) is 0 Å². The first-order valence-corrected chi connectivity index (χ1v) is 4.20. The van der Waals surface area contributed by atoms with Crippen LogP contribution in [0.25, 0.3) is 0 Å². The van der Waals surface area contributed by atoms with E-state index in [9.17, 15) is 5.11 Å². The summed E-state index contributed by atoms with van der Waals surface area (Å²) in [5, 5.41) is 18.8. The van der Waals surface area contributed by atoms with E-state index < -0.39 is 5.60 Å². The van der Waals surface area contributed by atoms with Crippen LogP contribution in [0.5, 0.6) is 0 Å². The number of allylic oxidation sites excluding steroid dienone is 1. The summed E-state index contributed by atoms with van der Waals surface area (Å²) in [6, 6.07) is 0. The van der Waals surface area contributed by atoms with Crippen molar-refractivity contribution in [2.75, 3.05) is 6.61 Å². The zero-order valence-corrected chi connectivity index (χ0v) is 6.95. The molecule has 64 valence electrons. The minimum atomic E-state index is -0.719. The van der Waals surface area contributed by atoms with Crippen molar-refractivity contribution in [1.82, 2.24) is 0 Å². The molecule has 0 aliphatic heterocycles. The fraction of sp³-hybridized carbons (Fsp3) is 0.778. The highest BCUT2D eigenvalue weighted by atomic mass is 16.3. The molecule has 2 atom stereocenters. The normalized spacial score (nSPS) is 38.6. The Bertz CT molecular complexity index is 154. The molecular formula is C9H16O2. The van der Waals surface area contributed by atoms with Crippen LogP contribution >= 0.6 is 0 Å². The maximum absolute atomic E-state index is 9.90. The van der Waals surface area contributed by atoms with Gasteiger partial charge < -0.3 is 10.2 Å². The first-order chi connectivity index (χ1) is 5.23. The summed E-state index contributed by atoms with van der Waals surface area (Å²) >= 11 is 0. The van der Waals surface area contributed by atoms with Crippen LogP contribution in [0, 0.1) is 5.92 Å². The Morgan fingerprint density at radius 3 is 2.91 bits per heavy atom. The van der Waals surface area contributed by atoms with Gasteiger partial charge in [0, 0.05) is 12.5 Å². The van der Waals surface area contributed by atoms with Gasteiger partial charge in [-0.25, -0.2) is 0 Å². The molecule has 1 rings (SSSR count). The quantitative estimate of drug-likeness (QED) is 0.587. The largest absolute Gasteiger partial charge is 0.396 e. The van der Waals surface area contributed by atoms with Crippen molar-refractivity contribution < 1.29 is 10.2 Å². The van der Waals surface area contributed by atoms with Crippen LogP contribution in [0.2, 0.25) is 0 Å². The molecule has 0 spiro atoms. The molecule has 1 fully saturated rings. The summed E-state index contributed by atoms with van der Waals surface area (Å²) in [5.74, 6) is 0.0544. The molecule has 2 nitrogen and oxygen atoms in total. The summed E-state index contributed by atoms with van der Waals surface area (Å²) in [7, 11) is 0. The molecule has 2 heteroatoms. The Hall–Kier alpha value is -0.340. The van der Waals surface area contributed by atoms with Gasteiger partial charge in [0.1, 0.15) is 0 Å². The Kier molecular flexibility index (Phi) is 2.68. The molecule has 2 N–H and O–H groups in total. The van der Waals surface area contributed by atoms with Crippen LogP contribution in [0.4, 0.5) is 0 Å². The second-order valence-electron chi connectivity index (χ2n) is 3.26. The fourth-order valence-electron chi connectivity index (χ4n) is 1.84. The minimum Gasteiger partial charge on any atom is -0.396 e. The van der Waals surface area contributed by atoms with E-state index in [0.717, 1.165) is 19.3 Å². The van der Waals surface area contributed by atoms with Gasteiger partial charge in [-0.3, -0.25) is 0 Å². The van der Waals surface area contributed by atoms with Gasteiger partial charge in [0.2, 0.25) is 0 Å². The highest BCUT2D eigenvalue weighted by Crippen LogP contribution is 2.36. The standard InChI is InChI=1S/C9H16O2/c1-2-5-9(11)6-3-4-8(9)7-10/h2,5,8,10-11H,3-4,6-7H2,1H3/b5-2+/t8-,9+/m0/s1. The van der Waals surface area contributed by atoms with Crippen molar-refractivity contribution in [3.05, 3.63) is 12.2 Å². The number of aliphatic hydroxyl groups is 2. The third-order valence-electron chi connectivity index (χ3n) is 2.51. The van der Waals surface area contributed by atoms with Gasteiger partial charge in [-0.15, -0.1) is 0 Å². The molecule has 0 unspecified atom stereocenters. The summed E-state index contributed by atoms with van der Waals surface area (Å²) in [5.41, 5.74) is -0.719. The van der Waals surface area contributed by atoms with Gasteiger partial charge >= 0.3 is 0 Å². The summed E-state index contributed by atoms with van der Waals surface area (Å²) in [6.07, 6.45) is 6.42. The van der Waals surface area contributed by atoms with Crippen molar-refractivity contribution in [3.63, 3.8) is 0 Å². The SMILES string of the molecule is C/C=C/[C@@]1(O)CCC[C@H]1CO. The average Bonchev–Trinajstić information content (AvgIpc) is 2.31. The zero-order chi connectivity index (χ0) is 8.32. The molecule has 1 aliphatic rings. The Balaban J connectivity index is 2.66. The highest BCUT2D eigenvalue weighted by Gasteiger charge is 2.37. The smallest absolute Gasteiger partial charge is 0.0877 e. The van der Waals surface area contributed by atoms with Crippen molar-refractivity contribution in [2.45, 2.75) is 31.8 Å². The van der Waals surface area contributed by atoms with E-state index in [1.807, 2.05) is 13.0 Å². The van der Waals surface area contributed by atoms with Crippen molar-refractivity contribution >= 4 is 0 Å². The third-order valence-corrected chi connectivity index (χ3v) is 2.51. The zero-order valence-electron chi connectivity index (χ0n) is 6.95. The van der Waals surface area contributed by atoms with Crippen LogP contribution in [-0.2, 0) is 0 Å². The molecule has 0 aromatic rings. The van der Waals surface area contributed by atoms with Gasteiger partial charge in [0.05, 0.1) is 5.60 Å². The molecule has 1 saturated carbocycles. The van der Waals surface area contributed by atoms with Crippen LogP contribution in [0.1, 0.15) is 26.2 Å². The van der Waals surface area contributed by atoms with E-state index >= 15 is 0 Å². The van der Waals surface area contributed by atoms with Crippen molar-refractivity contribution in [3.8, 4) is 0 Å². The summed E-state index contributed by atoms with van der Waals surface area (Å²) < 4.78 is 0. The topological polar surface area (TPSA) is 40.5 Å². The molecule has 11 heavy (non-hydrogen) atoms. The molecule has 0 amide bonds. The number of hydrogen-bond acceptors (Lipinski definition) is 2. The van der Waals surface area contributed by atoms with E-state index in [4.69, 9.17) is 5.11 Å². The Morgan fingerprint density at radius 1 is 1.64 bits per heavy atom. The fourth-order valence-corrected chi connectivity index (χ4v) is 1.84. The van der Waals surface area contributed by atoms with Gasteiger partial charge in [-0.05, 0) is 26.2 Å². The van der Waals surface area contributed by atoms with E-state index in [0.29, 0.717) is 0 Å². The minimum absolute atomic E-state index is 0.0544. The molecular weight excluding hydrogens is 140 g/mol. The van der Waals surface area contributed by atoms with Gasteiger partial charge in [-0.2, -0.15) is 0 Å². The maximum atomic E-state index is 9.90. The lowest BCUT2D eigenvalue weighted by molar-refractivity contribution is 0.0238. The molecule has 0 bridgehead atoms. The highest BCUT2D eigenvalue weighted by molar-refractivity contribution is 5.06. The van der Waals surface area contributed by atoms with Crippen LogP contribution < -0.4 is 0 Å². The lowest BCUT2D eigenvalue weighted by Crippen LogP contribution is -2.32. The predicted octanol–water partition coefficient (Wildman–Crippen LogP) is 1.09. The number of hydrogen-bond donors (Lipinski definition) is 2. The molecule has 0 aromatic heterocycles. The third kappa shape index (κ3) is 1.63. The second-order valence-corrected chi connectivity index (χ2v) is 3.26. The Labute approximate surface area is 67.6 Å². The predicted molar refractivity (Wildman–Crippen MR) is 44.2 cm³/mol. The lowest BCUT2D eigenvalue weighted by atomic mass is 9.91. The van der Waals surface area contributed by atoms with Crippen LogP contribution in [0.15, 0.2) is 12.2 Å². The second kappa shape index (κ2) is 3.37. The number of rotatable bonds is 2. The van der Waals surface area contributed by atoms with Gasteiger partial charge in [0.25, 0.3) is 0 Å². The average molecular weight is 156 g/mol. The van der Waals surface area contributed by atoms with E-state index in [1.165, 1.54) is 0 Å². The molecule has 0 radical (unpaired) electrons. The molecule has 0 saturated heterocycles. The first-order valence-electron chi connectivity index (χ1n) is 4.20. The summed E-state index contributed by atoms with van der Waals surface area (Å²) in [4.78, 5) is 0. The van der Waals surface area contributed by atoms with Crippen molar-refractivity contribution in [1.29, 1.82) is 0 Å². The van der Waals surface area contributed by atoms with E-state index in [1.54, 1.807) is 6.08 Å². The maximum Gasteiger partial charge on any atom is 0.0877 e. The van der Waals surface area contributed by atoms with Crippen molar-refractivity contribution in [2.24, 2.45) is 5.92 Å². The Morgan fingerprint density at radius 2 is 2.36 bits per heavy atom. The van der Waals surface area contributed by atoms with Crippen LogP contribution in [0.3, 0.4) is 0 Å². The molecule has 1 aliphatic carbocycles. The van der Waals surface area contributed by atoms with Gasteiger partial charge in [0.15, 0.2) is 0 Å². The molecule has 0 aromatic carbocycles.